The van der Waals surface area contributed by atoms with Crippen molar-refractivity contribution in [2.24, 2.45) is 5.73 Å². The van der Waals surface area contributed by atoms with Crippen LogP contribution in [-0.2, 0) is 11.3 Å². The monoisotopic (exact) mass is 263 g/mol. The van der Waals surface area contributed by atoms with Crippen molar-refractivity contribution in [1.29, 1.82) is 0 Å². The summed E-state index contributed by atoms with van der Waals surface area (Å²) >= 11 is 0. The molecule has 1 saturated heterocycles. The fourth-order valence-electron chi connectivity index (χ4n) is 2.11. The van der Waals surface area contributed by atoms with Crippen LogP contribution >= 0.6 is 0 Å². The topological polar surface area (TPSA) is 67.6 Å². The maximum absolute atomic E-state index is 10.6. The highest BCUT2D eigenvalue weighted by Gasteiger charge is 2.08. The molecular formula is C14H21N3O2. The number of nitrogens with one attached hydrogen (secondary N) is 1. The largest absolute Gasteiger partial charge is 0.484 e. The van der Waals surface area contributed by atoms with Gasteiger partial charge in [-0.2, -0.15) is 0 Å². The Hall–Kier alpha value is -1.59. The molecule has 0 unspecified atom stereocenters. The molecule has 19 heavy (non-hydrogen) atoms. The number of rotatable bonds is 6. The number of nitrogens with two attached hydrogens (primary N) is 1. The molecule has 104 valence electrons. The average molecular weight is 263 g/mol. The summed E-state index contributed by atoms with van der Waals surface area (Å²) in [6.07, 6.45) is 3.88. The molecule has 0 saturated carbocycles. The number of hydrazine groups is 1. The SMILES string of the molecule is NC(=O)COc1ccc(CNN2CCCCC2)cc1. The van der Waals surface area contributed by atoms with Crippen molar-refractivity contribution in [3.63, 3.8) is 0 Å². The molecule has 1 aliphatic heterocycles. The van der Waals surface area contributed by atoms with E-state index in [9.17, 15) is 4.79 Å². The van der Waals surface area contributed by atoms with Crippen LogP contribution < -0.4 is 15.9 Å². The van der Waals surface area contributed by atoms with Gasteiger partial charge in [-0.15, -0.1) is 0 Å². The van der Waals surface area contributed by atoms with Crippen LogP contribution in [0, 0.1) is 0 Å². The lowest BCUT2D eigenvalue weighted by Gasteiger charge is -2.27. The average Bonchev–Trinajstić information content (AvgIpc) is 2.45. The van der Waals surface area contributed by atoms with Crippen molar-refractivity contribution in [2.75, 3.05) is 19.7 Å². The Kier molecular flexibility index (Phi) is 5.18. The Morgan fingerprint density at radius 2 is 1.89 bits per heavy atom. The van der Waals surface area contributed by atoms with Gasteiger partial charge < -0.3 is 10.5 Å². The van der Waals surface area contributed by atoms with Crippen LogP contribution in [0.25, 0.3) is 0 Å². The summed E-state index contributed by atoms with van der Waals surface area (Å²) in [4.78, 5) is 10.6. The van der Waals surface area contributed by atoms with E-state index in [2.05, 4.69) is 10.4 Å². The zero-order valence-electron chi connectivity index (χ0n) is 11.1. The van der Waals surface area contributed by atoms with Crippen molar-refractivity contribution < 1.29 is 9.53 Å². The first kappa shape index (κ1) is 13.8. The summed E-state index contributed by atoms with van der Waals surface area (Å²) in [5, 5.41) is 2.28. The fraction of sp³-hybridized carbons (Fsp3) is 0.500. The summed E-state index contributed by atoms with van der Waals surface area (Å²) in [6.45, 7) is 2.99. The maximum Gasteiger partial charge on any atom is 0.255 e. The molecule has 1 fully saturated rings. The number of piperidine rings is 1. The first-order valence-electron chi connectivity index (χ1n) is 6.72. The van der Waals surface area contributed by atoms with Crippen LogP contribution in [0.1, 0.15) is 24.8 Å². The predicted molar refractivity (Wildman–Crippen MR) is 73.4 cm³/mol. The first-order chi connectivity index (χ1) is 9.24. The molecule has 1 aliphatic rings. The van der Waals surface area contributed by atoms with Gasteiger partial charge in [-0.05, 0) is 30.5 Å². The van der Waals surface area contributed by atoms with Crippen LogP contribution in [0.4, 0.5) is 0 Å². The van der Waals surface area contributed by atoms with E-state index in [1.165, 1.54) is 24.8 Å². The quantitative estimate of drug-likeness (QED) is 0.805. The van der Waals surface area contributed by atoms with Gasteiger partial charge >= 0.3 is 0 Å². The van der Waals surface area contributed by atoms with Gasteiger partial charge in [-0.25, -0.2) is 5.01 Å². The van der Waals surface area contributed by atoms with Crippen LogP contribution in [-0.4, -0.2) is 30.6 Å². The molecule has 0 spiro atoms. The molecule has 0 aliphatic carbocycles. The van der Waals surface area contributed by atoms with Crippen LogP contribution in [0.15, 0.2) is 24.3 Å². The molecule has 5 heteroatoms. The summed E-state index contributed by atoms with van der Waals surface area (Å²) in [5.41, 5.74) is 9.64. The van der Waals surface area contributed by atoms with Gasteiger partial charge in [0, 0.05) is 19.6 Å². The third kappa shape index (κ3) is 4.89. The Bertz CT molecular complexity index is 400. The number of benzene rings is 1. The molecule has 0 bridgehead atoms. The predicted octanol–water partition coefficient (Wildman–Crippen LogP) is 1.04. The van der Waals surface area contributed by atoms with Crippen LogP contribution in [0.5, 0.6) is 5.75 Å². The van der Waals surface area contributed by atoms with Gasteiger partial charge in [-0.1, -0.05) is 18.6 Å². The Morgan fingerprint density at radius 3 is 2.53 bits per heavy atom. The second-order valence-corrected chi connectivity index (χ2v) is 4.78. The second kappa shape index (κ2) is 7.11. The zero-order valence-corrected chi connectivity index (χ0v) is 11.1. The summed E-state index contributed by atoms with van der Waals surface area (Å²) in [6, 6.07) is 7.70. The van der Waals surface area contributed by atoms with Crippen molar-refractivity contribution in [2.45, 2.75) is 25.8 Å². The van der Waals surface area contributed by atoms with E-state index in [0.717, 1.165) is 19.6 Å². The normalized spacial score (nSPS) is 16.2. The molecule has 5 nitrogen and oxygen atoms in total. The number of ether oxygens (including phenoxy) is 1. The molecule has 3 N–H and O–H groups in total. The number of hydrogen-bond acceptors (Lipinski definition) is 4. The molecule has 0 aromatic heterocycles. The first-order valence-corrected chi connectivity index (χ1v) is 6.72. The van der Waals surface area contributed by atoms with Gasteiger partial charge in [0.05, 0.1) is 0 Å². The van der Waals surface area contributed by atoms with Crippen molar-refractivity contribution in [3.05, 3.63) is 29.8 Å². The fourth-order valence-corrected chi connectivity index (χ4v) is 2.11. The minimum atomic E-state index is -0.462. The molecule has 1 aromatic rings. The molecule has 1 aromatic carbocycles. The number of carbonyl (C=O) groups excluding carboxylic acids is 1. The van der Waals surface area contributed by atoms with Gasteiger partial charge in [0.2, 0.25) is 0 Å². The third-order valence-corrected chi connectivity index (χ3v) is 3.17. The van der Waals surface area contributed by atoms with E-state index in [1.807, 2.05) is 24.3 Å². The van der Waals surface area contributed by atoms with E-state index < -0.39 is 5.91 Å². The summed E-state index contributed by atoms with van der Waals surface area (Å²) in [5.74, 6) is 0.205. The highest BCUT2D eigenvalue weighted by atomic mass is 16.5. The van der Waals surface area contributed by atoms with Crippen LogP contribution in [0.3, 0.4) is 0 Å². The van der Waals surface area contributed by atoms with Gasteiger partial charge in [0.15, 0.2) is 6.61 Å². The minimum absolute atomic E-state index is 0.0780. The zero-order chi connectivity index (χ0) is 13.5. The van der Waals surface area contributed by atoms with Gasteiger partial charge in [0.25, 0.3) is 5.91 Å². The van der Waals surface area contributed by atoms with E-state index in [0.29, 0.717) is 5.75 Å². The molecule has 0 atom stereocenters. The second-order valence-electron chi connectivity index (χ2n) is 4.78. The minimum Gasteiger partial charge on any atom is -0.484 e. The lowest BCUT2D eigenvalue weighted by atomic mass is 10.2. The summed E-state index contributed by atoms with van der Waals surface area (Å²) < 4.78 is 5.21. The van der Waals surface area contributed by atoms with Gasteiger partial charge in [-0.3, -0.25) is 10.2 Å². The Labute approximate surface area is 113 Å². The van der Waals surface area contributed by atoms with Crippen molar-refractivity contribution in [1.82, 2.24) is 10.4 Å². The molecule has 0 radical (unpaired) electrons. The highest BCUT2D eigenvalue weighted by Crippen LogP contribution is 2.12. The van der Waals surface area contributed by atoms with Crippen molar-refractivity contribution >= 4 is 5.91 Å². The number of carbonyl (C=O) groups is 1. The van der Waals surface area contributed by atoms with E-state index in [4.69, 9.17) is 10.5 Å². The number of nitrogens with zero attached hydrogens (tertiary/aromatic N) is 1. The molecule has 1 amide bonds. The maximum atomic E-state index is 10.6. The third-order valence-electron chi connectivity index (χ3n) is 3.17. The van der Waals surface area contributed by atoms with Crippen molar-refractivity contribution in [3.8, 4) is 5.75 Å². The lowest BCUT2D eigenvalue weighted by molar-refractivity contribution is -0.119. The smallest absolute Gasteiger partial charge is 0.255 e. The molecule has 2 rings (SSSR count). The number of hydrogen-bond donors (Lipinski definition) is 2. The lowest BCUT2D eigenvalue weighted by Crippen LogP contribution is -2.41. The van der Waals surface area contributed by atoms with E-state index >= 15 is 0 Å². The van der Waals surface area contributed by atoms with Gasteiger partial charge in [0.1, 0.15) is 5.75 Å². The Morgan fingerprint density at radius 1 is 1.21 bits per heavy atom. The van der Waals surface area contributed by atoms with E-state index in [-0.39, 0.29) is 6.61 Å². The molecular weight excluding hydrogens is 242 g/mol. The van der Waals surface area contributed by atoms with E-state index in [1.54, 1.807) is 0 Å². The van der Waals surface area contributed by atoms with Crippen LogP contribution in [0.2, 0.25) is 0 Å². The standard InChI is InChI=1S/C14H21N3O2/c15-14(18)11-19-13-6-4-12(5-7-13)10-16-17-8-2-1-3-9-17/h4-7,16H,1-3,8-11H2,(H2,15,18). The summed E-state index contributed by atoms with van der Waals surface area (Å²) in [7, 11) is 0. The number of primary amides is 1. The molecule has 1 heterocycles. The Balaban J connectivity index is 1.76. The highest BCUT2D eigenvalue weighted by molar-refractivity contribution is 5.75. The number of amides is 1.